The minimum Gasteiger partial charge on any atom is -0.397 e. The van der Waals surface area contributed by atoms with Crippen LogP contribution < -0.4 is 16.4 Å². The topological polar surface area (TPSA) is 126 Å². The van der Waals surface area contributed by atoms with Crippen LogP contribution in [-0.2, 0) is 45.3 Å². The van der Waals surface area contributed by atoms with E-state index in [1.807, 2.05) is 66.7 Å². The zero-order chi connectivity index (χ0) is 42.2. The summed E-state index contributed by atoms with van der Waals surface area (Å²) >= 11 is 0. The Morgan fingerprint density at radius 1 is 0.623 bits per heavy atom. The maximum atomic E-state index is 12.8. The van der Waals surface area contributed by atoms with Crippen LogP contribution in [0.2, 0.25) is 0 Å². The van der Waals surface area contributed by atoms with Crippen molar-refractivity contribution in [3.05, 3.63) is 191 Å². The number of aliphatic hydroxyl groups is 1. The minimum atomic E-state index is -0.601. The molecule has 6 aromatic rings. The molecule has 1 aliphatic heterocycles. The summed E-state index contributed by atoms with van der Waals surface area (Å²) in [5.41, 5.74) is 15.5. The SMILES string of the molecule is Nc1ccccc1NC(=O)CCCCCC(=O)NCc1cccc(-c2cccc(C3OC(CN(Cc4ccccc4)Cc4ccccc4)CC(c4ccc(CO)cc4)O3)c2)c1. The lowest BCUT2D eigenvalue weighted by Crippen LogP contribution is -2.39. The second-order valence-corrected chi connectivity index (χ2v) is 15.8. The first kappa shape index (κ1) is 43.0. The van der Waals surface area contributed by atoms with Crippen molar-refractivity contribution in [3.63, 3.8) is 0 Å². The van der Waals surface area contributed by atoms with Gasteiger partial charge in [0.15, 0.2) is 6.29 Å². The lowest BCUT2D eigenvalue weighted by atomic mass is 9.98. The smallest absolute Gasteiger partial charge is 0.224 e. The number of nitrogens with two attached hydrogens (primary N) is 1. The zero-order valence-electron chi connectivity index (χ0n) is 34.6. The number of carbonyl (C=O) groups excluding carboxylic acids is 2. The van der Waals surface area contributed by atoms with Crippen molar-refractivity contribution in [1.82, 2.24) is 10.2 Å². The molecule has 3 unspecified atom stereocenters. The van der Waals surface area contributed by atoms with E-state index in [0.717, 1.165) is 52.9 Å². The Bertz CT molecular complexity index is 2260. The number of nitrogens with zero attached hydrogens (tertiary/aromatic N) is 1. The van der Waals surface area contributed by atoms with Gasteiger partial charge < -0.3 is 30.9 Å². The van der Waals surface area contributed by atoms with Crippen LogP contribution in [0.3, 0.4) is 0 Å². The van der Waals surface area contributed by atoms with Crippen molar-refractivity contribution in [2.75, 3.05) is 17.6 Å². The van der Waals surface area contributed by atoms with E-state index in [1.165, 1.54) is 11.1 Å². The normalized spacial score (nSPS) is 16.3. The van der Waals surface area contributed by atoms with Gasteiger partial charge in [0.05, 0.1) is 30.2 Å². The Morgan fingerprint density at radius 3 is 1.93 bits per heavy atom. The second kappa shape index (κ2) is 21.9. The highest BCUT2D eigenvalue weighted by atomic mass is 16.7. The first-order valence-electron chi connectivity index (χ1n) is 21.3. The van der Waals surface area contributed by atoms with Gasteiger partial charge in [-0.3, -0.25) is 14.5 Å². The Balaban J connectivity index is 0.983. The molecule has 7 rings (SSSR count). The molecule has 0 bridgehead atoms. The summed E-state index contributed by atoms with van der Waals surface area (Å²) in [5.74, 6) is -0.0905. The van der Waals surface area contributed by atoms with Gasteiger partial charge in [0.25, 0.3) is 0 Å². The largest absolute Gasteiger partial charge is 0.397 e. The van der Waals surface area contributed by atoms with Gasteiger partial charge in [0.1, 0.15) is 0 Å². The molecule has 0 aromatic heterocycles. The van der Waals surface area contributed by atoms with E-state index in [4.69, 9.17) is 15.2 Å². The first-order chi connectivity index (χ1) is 29.9. The second-order valence-electron chi connectivity index (χ2n) is 15.8. The molecular weight excluding hydrogens is 761 g/mol. The highest BCUT2D eigenvalue weighted by molar-refractivity contribution is 5.93. The van der Waals surface area contributed by atoms with E-state index in [-0.39, 0.29) is 30.6 Å². The molecule has 1 saturated heterocycles. The Hall–Kier alpha value is -6.10. The summed E-state index contributed by atoms with van der Waals surface area (Å²) < 4.78 is 13.6. The predicted octanol–water partition coefficient (Wildman–Crippen LogP) is 9.88. The average molecular weight is 817 g/mol. The molecule has 3 atom stereocenters. The molecule has 0 spiro atoms. The minimum absolute atomic E-state index is 0.00990. The fourth-order valence-electron chi connectivity index (χ4n) is 7.78. The van der Waals surface area contributed by atoms with Gasteiger partial charge in [-0.25, -0.2) is 0 Å². The number of carbonyl (C=O) groups is 2. The van der Waals surface area contributed by atoms with E-state index in [9.17, 15) is 14.7 Å². The van der Waals surface area contributed by atoms with E-state index < -0.39 is 6.29 Å². The van der Waals surface area contributed by atoms with Crippen LogP contribution in [0.5, 0.6) is 0 Å². The lowest BCUT2D eigenvalue weighted by molar-refractivity contribution is -0.253. The Morgan fingerprint density at radius 2 is 1.25 bits per heavy atom. The molecule has 1 aliphatic rings. The Labute approximate surface area is 359 Å². The number of hydrogen-bond acceptors (Lipinski definition) is 7. The third kappa shape index (κ3) is 12.9. The molecule has 9 heteroatoms. The number of benzene rings is 6. The van der Waals surface area contributed by atoms with Gasteiger partial charge in [-0.2, -0.15) is 0 Å². The number of nitrogen functional groups attached to an aromatic ring is 1. The van der Waals surface area contributed by atoms with Crippen molar-refractivity contribution in [2.45, 2.75) is 83.3 Å². The molecule has 1 heterocycles. The number of amides is 2. The maximum Gasteiger partial charge on any atom is 0.224 e. The maximum absolute atomic E-state index is 12.8. The van der Waals surface area contributed by atoms with Crippen LogP contribution in [0.25, 0.3) is 11.1 Å². The van der Waals surface area contributed by atoms with Crippen LogP contribution in [0.15, 0.2) is 158 Å². The third-order valence-electron chi connectivity index (χ3n) is 11.0. The van der Waals surface area contributed by atoms with Gasteiger partial charge in [-0.05, 0) is 76.1 Å². The number of nitrogens with one attached hydrogen (secondary N) is 2. The molecule has 2 amide bonds. The van der Waals surface area contributed by atoms with E-state index in [2.05, 4.69) is 94.4 Å². The van der Waals surface area contributed by atoms with Crippen LogP contribution in [0.1, 0.15) is 84.3 Å². The van der Waals surface area contributed by atoms with Crippen molar-refractivity contribution in [3.8, 4) is 11.1 Å². The molecule has 9 nitrogen and oxygen atoms in total. The summed E-state index contributed by atoms with van der Waals surface area (Å²) in [6.45, 7) is 2.70. The molecular formula is C52H56N4O5. The number of ether oxygens (including phenoxy) is 2. The summed E-state index contributed by atoms with van der Waals surface area (Å²) in [6, 6.07) is 52.9. The van der Waals surface area contributed by atoms with Crippen LogP contribution in [-0.4, -0.2) is 34.5 Å². The third-order valence-corrected chi connectivity index (χ3v) is 11.0. The molecule has 6 aromatic carbocycles. The van der Waals surface area contributed by atoms with Gasteiger partial charge in [-0.1, -0.05) is 140 Å². The van der Waals surface area contributed by atoms with Crippen molar-refractivity contribution >= 4 is 23.2 Å². The van der Waals surface area contributed by atoms with Gasteiger partial charge >= 0.3 is 0 Å². The van der Waals surface area contributed by atoms with Gasteiger partial charge in [-0.15, -0.1) is 0 Å². The number of rotatable bonds is 19. The number of aliphatic hydroxyl groups excluding tert-OH is 1. The van der Waals surface area contributed by atoms with Gasteiger partial charge in [0, 0.05) is 51.0 Å². The Kier molecular flexibility index (Phi) is 15.5. The van der Waals surface area contributed by atoms with Crippen LogP contribution in [0, 0.1) is 0 Å². The van der Waals surface area contributed by atoms with Crippen molar-refractivity contribution in [1.29, 1.82) is 0 Å². The standard InChI is InChI=1S/C52H56N4O5/c53-47-22-10-11-23-48(47)55-51(59)25-9-3-8-24-50(58)54-33-41-18-12-19-43(30-41)44-20-13-21-45(31-44)52-60-46(32-49(61-52)42-28-26-40(37-57)27-29-42)36-56(34-38-14-4-1-5-15-38)35-39-16-6-2-7-17-39/h1-2,4-7,10-23,26-31,46,49,52,57H,3,8-9,24-25,32-37,53H2,(H,54,58)(H,55,59). The van der Waals surface area contributed by atoms with E-state index in [1.54, 1.807) is 12.1 Å². The first-order valence-corrected chi connectivity index (χ1v) is 21.3. The molecule has 5 N–H and O–H groups in total. The van der Waals surface area contributed by atoms with Crippen molar-refractivity contribution in [2.24, 2.45) is 0 Å². The zero-order valence-corrected chi connectivity index (χ0v) is 34.6. The molecule has 0 radical (unpaired) electrons. The molecule has 0 saturated carbocycles. The highest BCUT2D eigenvalue weighted by Crippen LogP contribution is 2.39. The molecule has 0 aliphatic carbocycles. The van der Waals surface area contributed by atoms with Crippen molar-refractivity contribution < 1.29 is 24.2 Å². The van der Waals surface area contributed by atoms with E-state index >= 15 is 0 Å². The number of anilines is 2. The monoisotopic (exact) mass is 816 g/mol. The summed E-state index contributed by atoms with van der Waals surface area (Å²) in [5, 5.41) is 15.6. The summed E-state index contributed by atoms with van der Waals surface area (Å²) in [4.78, 5) is 27.5. The number of hydrogen-bond donors (Lipinski definition) is 4. The molecule has 61 heavy (non-hydrogen) atoms. The summed E-state index contributed by atoms with van der Waals surface area (Å²) in [7, 11) is 0. The average Bonchev–Trinajstić information content (AvgIpc) is 3.29. The fourth-order valence-corrected chi connectivity index (χ4v) is 7.78. The lowest BCUT2D eigenvalue weighted by Gasteiger charge is -2.38. The molecule has 314 valence electrons. The number of para-hydroxylation sites is 2. The number of unbranched alkanes of at least 4 members (excludes halogenated alkanes) is 2. The van der Waals surface area contributed by atoms with Gasteiger partial charge in [0.2, 0.25) is 11.8 Å². The van der Waals surface area contributed by atoms with Crippen LogP contribution in [0.4, 0.5) is 11.4 Å². The fraction of sp³-hybridized carbons (Fsp3) is 0.269. The predicted molar refractivity (Wildman–Crippen MR) is 242 cm³/mol. The summed E-state index contributed by atoms with van der Waals surface area (Å²) in [6.07, 6.45) is 2.72. The van der Waals surface area contributed by atoms with E-state index in [0.29, 0.717) is 56.6 Å². The highest BCUT2D eigenvalue weighted by Gasteiger charge is 2.33. The quantitative estimate of drug-likeness (QED) is 0.0474. The van der Waals surface area contributed by atoms with Crippen LogP contribution >= 0.6 is 0 Å². The molecule has 1 fully saturated rings.